The van der Waals surface area contributed by atoms with E-state index in [1.165, 1.54) is 43.7 Å². The summed E-state index contributed by atoms with van der Waals surface area (Å²) in [4.78, 5) is 2.50. The van der Waals surface area contributed by atoms with Gasteiger partial charge in [-0.15, -0.1) is 11.3 Å². The van der Waals surface area contributed by atoms with E-state index < -0.39 is 0 Å². The molecule has 214 valence electrons. The molecule has 2 aliphatic carbocycles. The van der Waals surface area contributed by atoms with E-state index in [2.05, 4.69) is 139 Å². The Kier molecular flexibility index (Phi) is 10.8. The standard InChI is InChI=1S/C36H31NS.2C2H6/c1-4-10-28-18-16-25(22-27(28)6-3)13-9-14-30(11-5-2)37-33-15-8-7-12-26-17-19-31-35(32(33)23-26)34(37)24-29-20-21-38-36(29)31;2*1-2/h4-24,26,33H,3H2,1-2H3;2*1-2H3/b10-4-,11-5-,12-7-,13-9+,15-8?,30-14+;;. The van der Waals surface area contributed by atoms with E-state index >= 15 is 0 Å². The van der Waals surface area contributed by atoms with Crippen LogP contribution in [0.5, 0.6) is 0 Å². The lowest BCUT2D eigenvalue weighted by molar-refractivity contribution is 0.942. The van der Waals surface area contributed by atoms with Gasteiger partial charge in [-0.05, 0) is 77.2 Å². The van der Waals surface area contributed by atoms with Gasteiger partial charge in [-0.25, -0.2) is 0 Å². The van der Waals surface area contributed by atoms with Gasteiger partial charge < -0.3 is 4.90 Å². The lowest BCUT2D eigenvalue weighted by atomic mass is 9.94. The Labute approximate surface area is 257 Å². The van der Waals surface area contributed by atoms with E-state index in [9.17, 15) is 0 Å². The van der Waals surface area contributed by atoms with E-state index in [4.69, 9.17) is 0 Å². The van der Waals surface area contributed by atoms with E-state index in [1.54, 1.807) is 0 Å². The summed E-state index contributed by atoms with van der Waals surface area (Å²) < 4.78 is 1.37. The van der Waals surface area contributed by atoms with Crippen LogP contribution in [0, 0.1) is 5.92 Å². The van der Waals surface area contributed by atoms with Crippen LogP contribution < -0.4 is 4.90 Å². The maximum atomic E-state index is 4.00. The van der Waals surface area contributed by atoms with Crippen LogP contribution >= 0.6 is 11.3 Å². The lowest BCUT2D eigenvalue weighted by Crippen LogP contribution is -2.28. The molecule has 42 heavy (non-hydrogen) atoms. The number of benzene rings is 2. The predicted octanol–water partition coefficient (Wildman–Crippen LogP) is 12.1. The summed E-state index contributed by atoms with van der Waals surface area (Å²) in [6, 6.07) is 11.3. The van der Waals surface area contributed by atoms with Crippen LogP contribution in [-0.4, -0.2) is 6.04 Å². The second-order valence-corrected chi connectivity index (χ2v) is 10.6. The first-order valence-corrected chi connectivity index (χ1v) is 16.1. The van der Waals surface area contributed by atoms with Gasteiger partial charge in [0.25, 0.3) is 0 Å². The smallest absolute Gasteiger partial charge is 0.0782 e. The zero-order valence-corrected chi connectivity index (χ0v) is 26.7. The number of fused-ring (bicyclic) bond motifs is 3. The minimum absolute atomic E-state index is 0.149. The highest BCUT2D eigenvalue weighted by Crippen LogP contribution is 2.50. The molecule has 0 N–H and O–H groups in total. The fraction of sp³-hybridized carbons (Fsp3) is 0.200. The molecule has 3 aromatic rings. The first kappa shape index (κ1) is 30.8. The maximum Gasteiger partial charge on any atom is 0.0782 e. The van der Waals surface area contributed by atoms with Crippen LogP contribution in [0.2, 0.25) is 0 Å². The maximum absolute atomic E-state index is 4.00. The largest absolute Gasteiger partial charge is 0.330 e. The number of anilines is 1. The zero-order chi connectivity index (χ0) is 30.1. The number of rotatable bonds is 6. The Morgan fingerprint density at radius 1 is 0.905 bits per heavy atom. The fourth-order valence-corrected chi connectivity index (χ4v) is 6.60. The highest BCUT2D eigenvalue weighted by molar-refractivity contribution is 7.17. The number of allylic oxidation sites excluding steroid dienone is 10. The normalized spacial score (nSPS) is 19.2. The van der Waals surface area contributed by atoms with E-state index in [1.807, 2.05) is 52.0 Å². The monoisotopic (exact) mass is 569 g/mol. The Morgan fingerprint density at radius 3 is 2.48 bits per heavy atom. The van der Waals surface area contributed by atoms with E-state index in [0.717, 1.165) is 11.1 Å². The highest BCUT2D eigenvalue weighted by Gasteiger charge is 2.37. The minimum atomic E-state index is 0.149. The van der Waals surface area contributed by atoms with Gasteiger partial charge in [0.15, 0.2) is 0 Å². The van der Waals surface area contributed by atoms with E-state index in [-0.39, 0.29) is 6.04 Å². The molecule has 2 unspecified atom stereocenters. The summed E-state index contributed by atoms with van der Waals surface area (Å²) in [7, 11) is 0. The van der Waals surface area contributed by atoms with Crippen LogP contribution in [0.1, 0.15) is 69.4 Å². The number of nitrogens with zero attached hydrogens (tertiary/aromatic N) is 1. The van der Waals surface area contributed by atoms with Crippen molar-refractivity contribution in [1.29, 1.82) is 0 Å². The molecule has 0 spiro atoms. The topological polar surface area (TPSA) is 3.24 Å². The van der Waals surface area contributed by atoms with Crippen molar-refractivity contribution >= 4 is 57.0 Å². The molecule has 2 bridgehead atoms. The van der Waals surface area contributed by atoms with Crippen LogP contribution in [0.25, 0.3) is 40.0 Å². The Hall–Kier alpha value is -4.14. The Morgan fingerprint density at radius 2 is 1.71 bits per heavy atom. The van der Waals surface area contributed by atoms with Gasteiger partial charge in [-0.2, -0.15) is 0 Å². The fourth-order valence-electron chi connectivity index (χ4n) is 5.68. The second kappa shape index (κ2) is 14.7. The molecular formula is C40H43NS. The number of hydrogen-bond donors (Lipinski definition) is 0. The molecule has 0 saturated heterocycles. The van der Waals surface area contributed by atoms with Gasteiger partial charge in [0.2, 0.25) is 0 Å². The number of thiophene rings is 1. The molecule has 3 aliphatic rings. The van der Waals surface area contributed by atoms with Crippen LogP contribution in [0.3, 0.4) is 0 Å². The highest BCUT2D eigenvalue weighted by atomic mass is 32.1. The molecule has 1 aliphatic heterocycles. The molecular weight excluding hydrogens is 527 g/mol. The molecule has 0 amide bonds. The van der Waals surface area contributed by atoms with Crippen molar-refractivity contribution in [2.24, 2.45) is 5.92 Å². The van der Waals surface area contributed by atoms with Gasteiger partial charge in [-0.1, -0.05) is 125 Å². The van der Waals surface area contributed by atoms with E-state index in [0.29, 0.717) is 5.92 Å². The van der Waals surface area contributed by atoms with Gasteiger partial charge >= 0.3 is 0 Å². The summed E-state index contributed by atoms with van der Waals surface area (Å²) in [6.07, 6.45) is 33.2. The molecule has 2 atom stereocenters. The van der Waals surface area contributed by atoms with Crippen molar-refractivity contribution < 1.29 is 0 Å². The third kappa shape index (κ3) is 6.05. The van der Waals surface area contributed by atoms with Crippen molar-refractivity contribution in [2.45, 2.75) is 47.6 Å². The summed E-state index contributed by atoms with van der Waals surface area (Å²) in [5.74, 6) is 0.297. The van der Waals surface area contributed by atoms with Crippen LogP contribution in [-0.2, 0) is 0 Å². The lowest BCUT2D eigenvalue weighted by Gasteiger charge is -2.28. The molecule has 0 radical (unpaired) electrons. The number of hydrogen-bond acceptors (Lipinski definition) is 2. The van der Waals surface area contributed by atoms with Crippen molar-refractivity contribution in [3.05, 3.63) is 143 Å². The zero-order valence-electron chi connectivity index (χ0n) is 25.8. The van der Waals surface area contributed by atoms with Gasteiger partial charge in [-0.3, -0.25) is 0 Å². The average molecular weight is 570 g/mol. The molecule has 1 aromatic heterocycles. The molecule has 1 nitrogen and oxygen atoms in total. The summed E-state index contributed by atoms with van der Waals surface area (Å²) in [5.41, 5.74) is 10.1. The molecule has 2 aromatic carbocycles. The molecule has 0 fully saturated rings. The minimum Gasteiger partial charge on any atom is -0.330 e. The molecule has 0 saturated carbocycles. The molecule has 6 rings (SSSR count). The molecule has 2 heterocycles. The Bertz CT molecular complexity index is 1660. The van der Waals surface area contributed by atoms with Gasteiger partial charge in [0.05, 0.1) is 11.7 Å². The second-order valence-electron chi connectivity index (χ2n) is 9.71. The Balaban J connectivity index is 0.000000972. The van der Waals surface area contributed by atoms with Crippen molar-refractivity contribution in [2.75, 3.05) is 4.90 Å². The summed E-state index contributed by atoms with van der Waals surface area (Å²) in [5, 5.41) is 3.52. The first-order chi connectivity index (χ1) is 20.7. The van der Waals surface area contributed by atoms with Crippen molar-refractivity contribution in [1.82, 2.24) is 0 Å². The third-order valence-corrected chi connectivity index (χ3v) is 8.31. The van der Waals surface area contributed by atoms with Gasteiger partial charge in [0, 0.05) is 27.4 Å². The third-order valence-electron chi connectivity index (χ3n) is 7.35. The van der Waals surface area contributed by atoms with Crippen LogP contribution in [0.15, 0.2) is 115 Å². The SMILES string of the molecule is C=Cc1cc(/C=C/C=C(\C=C/C)N2c3cc4ccsc4c4c3C3=CC(C=C4)/C=C\C=CC32)ccc1/C=C\C.CC.CC. The van der Waals surface area contributed by atoms with Crippen molar-refractivity contribution in [3.63, 3.8) is 0 Å². The summed E-state index contributed by atoms with van der Waals surface area (Å²) >= 11 is 1.84. The summed E-state index contributed by atoms with van der Waals surface area (Å²) in [6.45, 7) is 16.1. The predicted molar refractivity (Wildman–Crippen MR) is 193 cm³/mol. The van der Waals surface area contributed by atoms with Gasteiger partial charge in [0.1, 0.15) is 0 Å². The average Bonchev–Trinajstić information content (AvgIpc) is 3.53. The van der Waals surface area contributed by atoms with Crippen molar-refractivity contribution in [3.8, 4) is 0 Å². The first-order valence-electron chi connectivity index (χ1n) is 15.2. The molecule has 2 heteroatoms. The van der Waals surface area contributed by atoms with Crippen LogP contribution in [0.4, 0.5) is 5.69 Å². The quantitative estimate of drug-likeness (QED) is 0.267.